The Morgan fingerprint density at radius 3 is 2.78 bits per heavy atom. The van der Waals surface area contributed by atoms with Crippen LogP contribution < -0.4 is 0 Å². The van der Waals surface area contributed by atoms with Crippen molar-refractivity contribution in [2.45, 2.75) is 44.9 Å². The zero-order chi connectivity index (χ0) is 12.4. The van der Waals surface area contributed by atoms with Crippen LogP contribution in [-0.2, 0) is 12.8 Å². The van der Waals surface area contributed by atoms with Crippen molar-refractivity contribution in [3.8, 4) is 0 Å². The van der Waals surface area contributed by atoms with Crippen molar-refractivity contribution in [2.75, 3.05) is 0 Å². The lowest BCUT2D eigenvalue weighted by Crippen LogP contribution is -2.08. The average Bonchev–Trinajstić information content (AvgIpc) is 2.85. The Labute approximate surface area is 110 Å². The van der Waals surface area contributed by atoms with E-state index in [1.165, 1.54) is 55.2 Å². The topological polar surface area (TPSA) is 0 Å². The molecule has 0 bridgehead atoms. The molecule has 1 saturated carbocycles. The molecule has 2 aliphatic carbocycles. The number of rotatable bonds is 3. The minimum atomic E-state index is 0.864. The molecule has 0 N–H and O–H groups in total. The van der Waals surface area contributed by atoms with Crippen LogP contribution in [0.25, 0.3) is 6.08 Å². The fraction of sp³-hybridized carbons (Fsp3) is 0.444. The van der Waals surface area contributed by atoms with E-state index in [1.807, 2.05) is 6.08 Å². The molecule has 18 heavy (non-hydrogen) atoms. The summed E-state index contributed by atoms with van der Waals surface area (Å²) in [7, 11) is 0. The van der Waals surface area contributed by atoms with Crippen LogP contribution in [-0.4, -0.2) is 0 Å². The number of hydrogen-bond donors (Lipinski definition) is 0. The minimum Gasteiger partial charge on any atom is -0.103 e. The van der Waals surface area contributed by atoms with Gasteiger partial charge in [0.2, 0.25) is 0 Å². The summed E-state index contributed by atoms with van der Waals surface area (Å²) in [6.45, 7) is 3.87. The first-order chi connectivity index (χ1) is 8.88. The van der Waals surface area contributed by atoms with E-state index in [1.54, 1.807) is 5.57 Å². The van der Waals surface area contributed by atoms with Gasteiger partial charge in [-0.1, -0.05) is 55.2 Å². The van der Waals surface area contributed by atoms with Crippen molar-refractivity contribution in [3.05, 3.63) is 53.1 Å². The third kappa shape index (κ3) is 2.16. The Bertz CT molecular complexity index is 473. The van der Waals surface area contributed by atoms with E-state index in [2.05, 4.69) is 30.9 Å². The normalized spacial score (nSPS) is 19.4. The molecule has 2 aliphatic rings. The molecule has 0 radical (unpaired) electrons. The first kappa shape index (κ1) is 11.8. The standard InChI is InChI=1S/C18H22/c1-2-7-15-10-6-11-16-12-17(13-18(15)16)14-8-4-3-5-9-14/h2,6,10-11,13-14H,1,3-5,7-9,12H2. The molecule has 3 rings (SSSR count). The third-order valence-electron chi connectivity index (χ3n) is 4.50. The number of allylic oxidation sites excluding steroid dienone is 2. The van der Waals surface area contributed by atoms with Gasteiger partial charge in [-0.2, -0.15) is 0 Å². The van der Waals surface area contributed by atoms with Crippen LogP contribution in [0.4, 0.5) is 0 Å². The predicted octanol–water partition coefficient (Wildman–Crippen LogP) is 4.93. The van der Waals surface area contributed by atoms with Crippen molar-refractivity contribution in [2.24, 2.45) is 5.92 Å². The van der Waals surface area contributed by atoms with Gasteiger partial charge in [-0.05, 0) is 48.3 Å². The molecule has 0 spiro atoms. The van der Waals surface area contributed by atoms with Crippen LogP contribution >= 0.6 is 0 Å². The lowest BCUT2D eigenvalue weighted by molar-refractivity contribution is 0.401. The van der Waals surface area contributed by atoms with E-state index in [9.17, 15) is 0 Å². The van der Waals surface area contributed by atoms with Gasteiger partial charge in [-0.25, -0.2) is 0 Å². The van der Waals surface area contributed by atoms with Crippen molar-refractivity contribution in [1.29, 1.82) is 0 Å². The van der Waals surface area contributed by atoms with Gasteiger partial charge >= 0.3 is 0 Å². The average molecular weight is 238 g/mol. The maximum absolute atomic E-state index is 3.87. The van der Waals surface area contributed by atoms with Gasteiger partial charge in [0.15, 0.2) is 0 Å². The van der Waals surface area contributed by atoms with Gasteiger partial charge < -0.3 is 0 Å². The van der Waals surface area contributed by atoms with Gasteiger partial charge in [-0.3, -0.25) is 0 Å². The highest BCUT2D eigenvalue weighted by Crippen LogP contribution is 2.38. The molecular weight excluding hydrogens is 216 g/mol. The van der Waals surface area contributed by atoms with Gasteiger partial charge in [0.05, 0.1) is 0 Å². The molecule has 0 unspecified atom stereocenters. The molecule has 1 fully saturated rings. The van der Waals surface area contributed by atoms with E-state index < -0.39 is 0 Å². The van der Waals surface area contributed by atoms with Gasteiger partial charge in [0, 0.05) is 0 Å². The van der Waals surface area contributed by atoms with Crippen molar-refractivity contribution >= 4 is 6.08 Å². The monoisotopic (exact) mass is 238 g/mol. The Hall–Kier alpha value is -1.30. The second-order valence-electron chi connectivity index (χ2n) is 5.71. The van der Waals surface area contributed by atoms with Gasteiger partial charge in [0.25, 0.3) is 0 Å². The van der Waals surface area contributed by atoms with Gasteiger partial charge in [0.1, 0.15) is 0 Å². The Kier molecular flexibility index (Phi) is 3.36. The van der Waals surface area contributed by atoms with E-state index in [0.717, 1.165) is 12.3 Å². The molecule has 0 aromatic heterocycles. The maximum atomic E-state index is 3.87. The number of benzene rings is 1. The highest BCUT2D eigenvalue weighted by Gasteiger charge is 2.23. The fourth-order valence-electron chi connectivity index (χ4n) is 3.53. The fourth-order valence-corrected chi connectivity index (χ4v) is 3.53. The largest absolute Gasteiger partial charge is 0.103 e. The molecule has 0 amide bonds. The summed E-state index contributed by atoms with van der Waals surface area (Å²) in [5.41, 5.74) is 6.18. The molecule has 1 aromatic rings. The first-order valence-corrected chi connectivity index (χ1v) is 7.30. The van der Waals surface area contributed by atoms with Gasteiger partial charge in [-0.15, -0.1) is 6.58 Å². The van der Waals surface area contributed by atoms with Crippen molar-refractivity contribution in [3.63, 3.8) is 0 Å². The Balaban J connectivity index is 1.86. The quantitative estimate of drug-likeness (QED) is 0.655. The van der Waals surface area contributed by atoms with Crippen LogP contribution in [0.1, 0.15) is 48.8 Å². The Morgan fingerprint density at radius 2 is 2.00 bits per heavy atom. The molecule has 0 aliphatic heterocycles. The molecule has 94 valence electrons. The summed E-state index contributed by atoms with van der Waals surface area (Å²) in [5.74, 6) is 0.864. The van der Waals surface area contributed by atoms with Crippen LogP contribution in [0.15, 0.2) is 36.4 Å². The van der Waals surface area contributed by atoms with Crippen LogP contribution in [0.5, 0.6) is 0 Å². The van der Waals surface area contributed by atoms with Crippen molar-refractivity contribution < 1.29 is 0 Å². The SMILES string of the molecule is C=CCc1cccc2c1C=C(C1CCCCC1)C2. The number of hydrogen-bond acceptors (Lipinski definition) is 0. The molecule has 0 heteroatoms. The summed E-state index contributed by atoms with van der Waals surface area (Å²) >= 11 is 0. The summed E-state index contributed by atoms with van der Waals surface area (Å²) in [6.07, 6.45) is 13.8. The van der Waals surface area contributed by atoms with Crippen LogP contribution in [0, 0.1) is 5.92 Å². The summed E-state index contributed by atoms with van der Waals surface area (Å²) in [5, 5.41) is 0. The highest BCUT2D eigenvalue weighted by molar-refractivity contribution is 5.67. The molecule has 0 heterocycles. The summed E-state index contributed by atoms with van der Waals surface area (Å²) < 4.78 is 0. The Morgan fingerprint density at radius 1 is 1.17 bits per heavy atom. The smallest absolute Gasteiger partial charge is 0.00549 e. The second kappa shape index (κ2) is 5.14. The third-order valence-corrected chi connectivity index (χ3v) is 4.50. The van der Waals surface area contributed by atoms with E-state index in [0.29, 0.717) is 0 Å². The van der Waals surface area contributed by atoms with Crippen LogP contribution in [0.2, 0.25) is 0 Å². The first-order valence-electron chi connectivity index (χ1n) is 7.30. The minimum absolute atomic E-state index is 0.864. The highest BCUT2D eigenvalue weighted by atomic mass is 14.3. The lowest BCUT2D eigenvalue weighted by atomic mass is 9.83. The molecule has 0 atom stereocenters. The maximum Gasteiger partial charge on any atom is -0.00549 e. The van der Waals surface area contributed by atoms with E-state index >= 15 is 0 Å². The van der Waals surface area contributed by atoms with Crippen LogP contribution in [0.3, 0.4) is 0 Å². The zero-order valence-corrected chi connectivity index (χ0v) is 11.1. The van der Waals surface area contributed by atoms with Crippen molar-refractivity contribution in [1.82, 2.24) is 0 Å². The summed E-state index contributed by atoms with van der Waals surface area (Å²) in [6, 6.07) is 6.75. The number of fused-ring (bicyclic) bond motifs is 1. The molecule has 1 aromatic carbocycles. The predicted molar refractivity (Wildman–Crippen MR) is 78.6 cm³/mol. The molecule has 0 saturated heterocycles. The van der Waals surface area contributed by atoms with E-state index in [4.69, 9.17) is 0 Å². The zero-order valence-electron chi connectivity index (χ0n) is 11.1. The summed E-state index contributed by atoms with van der Waals surface area (Å²) in [4.78, 5) is 0. The van der Waals surface area contributed by atoms with E-state index in [-0.39, 0.29) is 0 Å². The second-order valence-corrected chi connectivity index (χ2v) is 5.71. The lowest BCUT2D eigenvalue weighted by Gasteiger charge is -2.22. The molecular formula is C18H22. The molecule has 0 nitrogen and oxygen atoms in total.